The van der Waals surface area contributed by atoms with Gasteiger partial charge in [0.25, 0.3) is 5.91 Å². The smallest absolute Gasteiger partial charge is 0.274 e. The van der Waals surface area contributed by atoms with Crippen LogP contribution in [-0.4, -0.2) is 23.0 Å². The molecule has 0 aliphatic carbocycles. The Balaban J connectivity index is 1.83. The third-order valence-electron chi connectivity index (χ3n) is 4.26. The van der Waals surface area contributed by atoms with E-state index >= 15 is 0 Å². The number of methoxy groups -OCH3 is 1. The number of ether oxygens (including phenoxy) is 1. The van der Waals surface area contributed by atoms with Gasteiger partial charge in [-0.05, 0) is 55.7 Å². The topological polar surface area (TPSA) is 76.1 Å². The lowest BCUT2D eigenvalue weighted by atomic mass is 10.1. The monoisotopic (exact) mass is 396 g/mol. The first kappa shape index (κ1) is 19.6. The summed E-state index contributed by atoms with van der Waals surface area (Å²) in [5.41, 5.74) is 4.66. The lowest BCUT2D eigenvalue weighted by Crippen LogP contribution is -2.15. The van der Waals surface area contributed by atoms with E-state index in [1.807, 2.05) is 39.0 Å². The molecule has 1 heterocycles. The minimum Gasteiger partial charge on any atom is -0.495 e. The van der Waals surface area contributed by atoms with Gasteiger partial charge in [-0.15, -0.1) is 0 Å². The zero-order valence-electron chi connectivity index (χ0n) is 16.1. The lowest BCUT2D eigenvalue weighted by molar-refractivity contribution is 0.102. The third kappa shape index (κ3) is 4.40. The van der Waals surface area contributed by atoms with Crippen molar-refractivity contribution in [2.24, 2.45) is 0 Å². The molecule has 2 N–H and O–H groups in total. The van der Waals surface area contributed by atoms with E-state index in [-0.39, 0.29) is 11.6 Å². The van der Waals surface area contributed by atoms with Crippen LogP contribution in [0, 0.1) is 20.8 Å². The molecule has 0 aliphatic rings. The number of carbonyl (C=O) groups is 1. The van der Waals surface area contributed by atoms with Crippen molar-refractivity contribution in [2.45, 2.75) is 20.8 Å². The van der Waals surface area contributed by atoms with Crippen LogP contribution in [0.4, 0.5) is 17.3 Å². The Kier molecular flexibility index (Phi) is 5.80. The Morgan fingerprint density at radius 3 is 2.57 bits per heavy atom. The van der Waals surface area contributed by atoms with Gasteiger partial charge < -0.3 is 15.4 Å². The lowest BCUT2D eigenvalue weighted by Gasteiger charge is -2.13. The van der Waals surface area contributed by atoms with Crippen LogP contribution in [0.3, 0.4) is 0 Å². The number of halogens is 1. The van der Waals surface area contributed by atoms with Gasteiger partial charge in [-0.25, -0.2) is 9.97 Å². The Bertz CT molecular complexity index is 1040. The molecule has 7 heteroatoms. The number of anilines is 3. The largest absolute Gasteiger partial charge is 0.495 e. The maximum Gasteiger partial charge on any atom is 0.274 e. The highest BCUT2D eigenvalue weighted by molar-refractivity contribution is 6.31. The minimum atomic E-state index is -0.369. The van der Waals surface area contributed by atoms with E-state index in [4.69, 9.17) is 16.3 Å². The van der Waals surface area contributed by atoms with Crippen molar-refractivity contribution in [1.82, 2.24) is 9.97 Å². The molecule has 1 amide bonds. The highest BCUT2D eigenvalue weighted by atomic mass is 35.5. The fourth-order valence-electron chi connectivity index (χ4n) is 2.65. The normalized spacial score (nSPS) is 10.5. The zero-order chi connectivity index (χ0) is 20.3. The number of amides is 1. The first-order valence-corrected chi connectivity index (χ1v) is 9.08. The molecule has 28 heavy (non-hydrogen) atoms. The number of aromatic nitrogens is 2. The summed E-state index contributed by atoms with van der Waals surface area (Å²) in [6.45, 7) is 5.86. The second-order valence-corrected chi connectivity index (χ2v) is 6.87. The van der Waals surface area contributed by atoms with Gasteiger partial charge in [-0.1, -0.05) is 23.7 Å². The van der Waals surface area contributed by atoms with Gasteiger partial charge in [0.2, 0.25) is 5.95 Å². The molecule has 144 valence electrons. The second kappa shape index (κ2) is 8.27. The van der Waals surface area contributed by atoms with Crippen molar-refractivity contribution in [1.29, 1.82) is 0 Å². The van der Waals surface area contributed by atoms with Gasteiger partial charge in [0, 0.05) is 23.0 Å². The first-order chi connectivity index (χ1) is 13.4. The van der Waals surface area contributed by atoms with E-state index in [1.54, 1.807) is 24.4 Å². The summed E-state index contributed by atoms with van der Waals surface area (Å²) in [7, 11) is 1.52. The van der Waals surface area contributed by atoms with Gasteiger partial charge in [-0.3, -0.25) is 4.79 Å². The van der Waals surface area contributed by atoms with Crippen LogP contribution in [0.25, 0.3) is 0 Å². The molecule has 6 nitrogen and oxygen atoms in total. The highest BCUT2D eigenvalue weighted by Crippen LogP contribution is 2.31. The summed E-state index contributed by atoms with van der Waals surface area (Å²) < 4.78 is 5.30. The zero-order valence-corrected chi connectivity index (χ0v) is 16.9. The predicted octanol–water partition coefficient (Wildman–Crippen LogP) is 5.06. The number of nitrogens with zero attached hydrogens (tertiary/aromatic N) is 2. The maximum atomic E-state index is 12.7. The van der Waals surface area contributed by atoms with Crippen molar-refractivity contribution in [3.05, 3.63) is 70.0 Å². The van der Waals surface area contributed by atoms with Gasteiger partial charge >= 0.3 is 0 Å². The summed E-state index contributed by atoms with van der Waals surface area (Å²) >= 11 is 6.12. The molecule has 1 aromatic heterocycles. The standard InChI is InChI=1S/C21H21ClN4O2/c1-12-5-6-13(2)17(9-12)26-21-23-8-7-16(25-21)20(27)24-18-10-14(3)15(22)11-19(18)28-4/h5-11H,1-4H3,(H,24,27)(H,23,25,26). The number of hydrogen-bond acceptors (Lipinski definition) is 5. The van der Waals surface area contributed by atoms with E-state index in [0.717, 1.165) is 22.4 Å². The number of nitrogens with one attached hydrogen (secondary N) is 2. The van der Waals surface area contributed by atoms with Crippen LogP contribution < -0.4 is 15.4 Å². The quantitative estimate of drug-likeness (QED) is 0.630. The van der Waals surface area contributed by atoms with Crippen LogP contribution in [0.15, 0.2) is 42.6 Å². The molecule has 0 bridgehead atoms. The average Bonchev–Trinajstić information content (AvgIpc) is 2.67. The van der Waals surface area contributed by atoms with E-state index in [0.29, 0.717) is 22.4 Å². The van der Waals surface area contributed by atoms with E-state index in [9.17, 15) is 4.79 Å². The third-order valence-corrected chi connectivity index (χ3v) is 4.66. The fraction of sp³-hybridized carbons (Fsp3) is 0.190. The van der Waals surface area contributed by atoms with Gasteiger partial charge in [0.1, 0.15) is 11.4 Å². The molecule has 0 saturated heterocycles. The van der Waals surface area contributed by atoms with E-state index in [2.05, 4.69) is 20.6 Å². The number of aryl methyl sites for hydroxylation is 3. The van der Waals surface area contributed by atoms with Crippen molar-refractivity contribution in [2.75, 3.05) is 17.7 Å². The van der Waals surface area contributed by atoms with Crippen LogP contribution in [0.2, 0.25) is 5.02 Å². The summed E-state index contributed by atoms with van der Waals surface area (Å²) in [4.78, 5) is 21.2. The molecule has 2 aromatic carbocycles. The minimum absolute atomic E-state index is 0.234. The van der Waals surface area contributed by atoms with Crippen LogP contribution in [-0.2, 0) is 0 Å². The fourth-order valence-corrected chi connectivity index (χ4v) is 2.81. The number of carbonyl (C=O) groups excluding carboxylic acids is 1. The van der Waals surface area contributed by atoms with Crippen LogP contribution >= 0.6 is 11.6 Å². The van der Waals surface area contributed by atoms with Crippen molar-refractivity contribution in [3.8, 4) is 5.75 Å². The summed E-state index contributed by atoms with van der Waals surface area (Å²) in [6, 6.07) is 11.0. The van der Waals surface area contributed by atoms with Crippen molar-refractivity contribution in [3.63, 3.8) is 0 Å². The van der Waals surface area contributed by atoms with E-state index in [1.165, 1.54) is 7.11 Å². The highest BCUT2D eigenvalue weighted by Gasteiger charge is 2.14. The van der Waals surface area contributed by atoms with Crippen LogP contribution in [0.1, 0.15) is 27.2 Å². The Labute approximate surface area is 168 Å². The molecule has 0 unspecified atom stereocenters. The predicted molar refractivity (Wildman–Crippen MR) is 112 cm³/mol. The Hall–Kier alpha value is -3.12. The van der Waals surface area contributed by atoms with Crippen LogP contribution in [0.5, 0.6) is 5.75 Å². The average molecular weight is 397 g/mol. The molecule has 3 rings (SSSR count). The molecule has 0 spiro atoms. The number of rotatable bonds is 5. The molecule has 0 fully saturated rings. The summed E-state index contributed by atoms with van der Waals surface area (Å²) in [5, 5.41) is 6.55. The van der Waals surface area contributed by atoms with Gasteiger partial charge in [0.15, 0.2) is 0 Å². The molecule has 3 aromatic rings. The maximum absolute atomic E-state index is 12.7. The molecule has 0 saturated carbocycles. The summed E-state index contributed by atoms with van der Waals surface area (Å²) in [5.74, 6) is 0.457. The molecule has 0 atom stereocenters. The van der Waals surface area contributed by atoms with Crippen molar-refractivity contribution < 1.29 is 9.53 Å². The van der Waals surface area contributed by atoms with Gasteiger partial charge in [-0.2, -0.15) is 0 Å². The SMILES string of the molecule is COc1cc(Cl)c(C)cc1NC(=O)c1ccnc(Nc2cc(C)ccc2C)n1. The number of benzene rings is 2. The Morgan fingerprint density at radius 1 is 1.04 bits per heavy atom. The summed E-state index contributed by atoms with van der Waals surface area (Å²) in [6.07, 6.45) is 1.54. The number of hydrogen-bond donors (Lipinski definition) is 2. The second-order valence-electron chi connectivity index (χ2n) is 6.46. The van der Waals surface area contributed by atoms with Crippen molar-refractivity contribution >= 4 is 34.8 Å². The van der Waals surface area contributed by atoms with E-state index < -0.39 is 0 Å². The Morgan fingerprint density at radius 2 is 1.82 bits per heavy atom. The molecular formula is C21H21ClN4O2. The van der Waals surface area contributed by atoms with Gasteiger partial charge in [0.05, 0.1) is 12.8 Å². The molecule has 0 radical (unpaired) electrons. The first-order valence-electron chi connectivity index (χ1n) is 8.70. The molecule has 0 aliphatic heterocycles. The molecular weight excluding hydrogens is 376 g/mol.